The Morgan fingerprint density at radius 1 is 0.917 bits per heavy atom. The van der Waals surface area contributed by atoms with Crippen LogP contribution in [0.3, 0.4) is 0 Å². The maximum atomic E-state index is 12.7. The molecule has 1 N–H and O–H groups in total. The molecule has 0 aromatic heterocycles. The van der Waals surface area contributed by atoms with Crippen molar-refractivity contribution in [2.24, 2.45) is 0 Å². The summed E-state index contributed by atoms with van der Waals surface area (Å²) < 4.78 is 30.1. The highest BCUT2D eigenvalue weighted by Gasteiger charge is 2.14. The summed E-state index contributed by atoms with van der Waals surface area (Å²) in [6, 6.07) is 30.5. The van der Waals surface area contributed by atoms with Crippen molar-refractivity contribution in [3.63, 3.8) is 0 Å². The minimum atomic E-state index is -3.29. The van der Waals surface area contributed by atoms with E-state index in [2.05, 4.69) is 11.4 Å². The van der Waals surface area contributed by atoms with Crippen molar-refractivity contribution in [2.75, 3.05) is 11.1 Å². The smallest absolute Gasteiger partial charge is 0.228 e. The SMILES string of the molecule is CCS(=O)(=O)c1ccc(CC(=O)Nc2ccc(-c3ccccc3)c(Oc3cccc(C#N)c3)c2)cc1. The Bertz CT molecular complexity index is 1520. The van der Waals surface area contributed by atoms with E-state index in [4.69, 9.17) is 4.74 Å². The molecule has 36 heavy (non-hydrogen) atoms. The second kappa shape index (κ2) is 10.9. The van der Waals surface area contributed by atoms with Crippen molar-refractivity contribution in [1.82, 2.24) is 0 Å². The van der Waals surface area contributed by atoms with E-state index in [0.717, 1.165) is 11.1 Å². The van der Waals surface area contributed by atoms with Crippen molar-refractivity contribution in [3.05, 3.63) is 108 Å². The first-order chi connectivity index (χ1) is 17.4. The number of nitriles is 1. The molecule has 0 aliphatic rings. The Labute approximate surface area is 210 Å². The summed E-state index contributed by atoms with van der Waals surface area (Å²) in [6.45, 7) is 1.60. The zero-order valence-electron chi connectivity index (χ0n) is 19.6. The topological polar surface area (TPSA) is 96.3 Å². The average Bonchev–Trinajstić information content (AvgIpc) is 2.90. The second-order valence-electron chi connectivity index (χ2n) is 8.09. The van der Waals surface area contributed by atoms with Crippen LogP contribution in [0.15, 0.2) is 102 Å². The van der Waals surface area contributed by atoms with Gasteiger partial charge in [0.25, 0.3) is 0 Å². The zero-order chi connectivity index (χ0) is 25.5. The number of amides is 1. The molecule has 4 aromatic carbocycles. The fourth-order valence-electron chi connectivity index (χ4n) is 3.67. The highest BCUT2D eigenvalue weighted by Crippen LogP contribution is 2.36. The number of rotatable bonds is 8. The lowest BCUT2D eigenvalue weighted by molar-refractivity contribution is -0.115. The van der Waals surface area contributed by atoms with Crippen molar-refractivity contribution in [2.45, 2.75) is 18.2 Å². The number of ether oxygens (including phenoxy) is 1. The van der Waals surface area contributed by atoms with Crippen LogP contribution in [-0.4, -0.2) is 20.1 Å². The molecule has 0 spiro atoms. The molecule has 0 aliphatic carbocycles. The zero-order valence-corrected chi connectivity index (χ0v) is 20.5. The van der Waals surface area contributed by atoms with E-state index >= 15 is 0 Å². The van der Waals surface area contributed by atoms with Gasteiger partial charge in [-0.05, 0) is 53.6 Å². The molecule has 0 bridgehead atoms. The van der Waals surface area contributed by atoms with E-state index in [1.54, 1.807) is 55.5 Å². The van der Waals surface area contributed by atoms with Crippen molar-refractivity contribution >= 4 is 21.4 Å². The lowest BCUT2D eigenvalue weighted by Gasteiger charge is -2.14. The van der Waals surface area contributed by atoms with Gasteiger partial charge in [0.2, 0.25) is 5.91 Å². The van der Waals surface area contributed by atoms with Crippen LogP contribution in [-0.2, 0) is 21.1 Å². The van der Waals surface area contributed by atoms with E-state index in [1.165, 1.54) is 12.1 Å². The van der Waals surface area contributed by atoms with Crippen molar-refractivity contribution < 1.29 is 17.9 Å². The number of carbonyl (C=O) groups is 1. The van der Waals surface area contributed by atoms with Gasteiger partial charge < -0.3 is 10.1 Å². The predicted octanol–water partition coefficient (Wildman–Crippen LogP) is 5.99. The highest BCUT2D eigenvalue weighted by atomic mass is 32.2. The van der Waals surface area contributed by atoms with Gasteiger partial charge in [-0.25, -0.2) is 8.42 Å². The van der Waals surface area contributed by atoms with Crippen LogP contribution in [0.4, 0.5) is 5.69 Å². The number of sulfone groups is 1. The molecule has 0 fully saturated rings. The molecule has 0 aliphatic heterocycles. The first kappa shape index (κ1) is 24.7. The molecule has 0 unspecified atom stereocenters. The Balaban J connectivity index is 1.56. The van der Waals surface area contributed by atoms with Gasteiger partial charge >= 0.3 is 0 Å². The number of benzene rings is 4. The van der Waals surface area contributed by atoms with Crippen molar-refractivity contribution in [1.29, 1.82) is 5.26 Å². The molecule has 0 saturated heterocycles. The van der Waals surface area contributed by atoms with Crippen LogP contribution < -0.4 is 10.1 Å². The van der Waals surface area contributed by atoms with Gasteiger partial charge in [0.15, 0.2) is 9.84 Å². The minimum absolute atomic E-state index is 0.0248. The lowest BCUT2D eigenvalue weighted by Crippen LogP contribution is -2.14. The lowest BCUT2D eigenvalue weighted by atomic mass is 10.0. The van der Waals surface area contributed by atoms with E-state index in [1.807, 2.05) is 36.4 Å². The van der Waals surface area contributed by atoms with Crippen LogP contribution in [0.1, 0.15) is 18.1 Å². The third-order valence-electron chi connectivity index (χ3n) is 5.57. The van der Waals surface area contributed by atoms with Gasteiger partial charge in [-0.15, -0.1) is 0 Å². The van der Waals surface area contributed by atoms with E-state index in [0.29, 0.717) is 28.3 Å². The molecule has 0 saturated carbocycles. The van der Waals surface area contributed by atoms with Crippen LogP contribution in [0.5, 0.6) is 11.5 Å². The molecule has 1 amide bonds. The van der Waals surface area contributed by atoms with Crippen molar-refractivity contribution in [3.8, 4) is 28.7 Å². The van der Waals surface area contributed by atoms with Gasteiger partial charge in [0, 0.05) is 17.3 Å². The summed E-state index contributed by atoms with van der Waals surface area (Å²) in [5.74, 6) is 0.822. The normalized spacial score (nSPS) is 10.9. The number of hydrogen-bond acceptors (Lipinski definition) is 5. The van der Waals surface area contributed by atoms with E-state index in [9.17, 15) is 18.5 Å². The third-order valence-corrected chi connectivity index (χ3v) is 7.32. The van der Waals surface area contributed by atoms with Gasteiger partial charge in [0.1, 0.15) is 11.5 Å². The molecule has 180 valence electrons. The highest BCUT2D eigenvalue weighted by molar-refractivity contribution is 7.91. The molecule has 0 radical (unpaired) electrons. The maximum absolute atomic E-state index is 12.7. The summed E-state index contributed by atoms with van der Waals surface area (Å²) in [5.41, 5.74) is 3.52. The number of carbonyl (C=O) groups excluding carboxylic acids is 1. The summed E-state index contributed by atoms with van der Waals surface area (Å²) in [5, 5.41) is 12.1. The monoisotopic (exact) mass is 496 g/mol. The number of nitrogens with zero attached hydrogens (tertiary/aromatic N) is 1. The van der Waals surface area contributed by atoms with E-state index in [-0.39, 0.29) is 23.0 Å². The number of anilines is 1. The minimum Gasteiger partial charge on any atom is -0.457 e. The Morgan fingerprint density at radius 3 is 2.36 bits per heavy atom. The second-order valence-corrected chi connectivity index (χ2v) is 10.4. The Morgan fingerprint density at radius 2 is 1.67 bits per heavy atom. The molecule has 0 heterocycles. The summed E-state index contributed by atoms with van der Waals surface area (Å²) in [6.07, 6.45) is 0.0906. The standard InChI is InChI=1S/C29H24N2O4S/c1-2-36(33,34)26-14-11-21(12-15-26)18-29(32)31-24-13-16-27(23-8-4-3-5-9-23)28(19-24)35-25-10-6-7-22(17-25)20-30/h3-17,19H,2,18H2,1H3,(H,31,32). The third kappa shape index (κ3) is 5.98. The van der Waals surface area contributed by atoms with Crippen LogP contribution in [0.25, 0.3) is 11.1 Å². The molecule has 6 nitrogen and oxygen atoms in total. The molecule has 4 aromatic rings. The fraction of sp³-hybridized carbons (Fsp3) is 0.103. The van der Waals surface area contributed by atoms with Gasteiger partial charge in [-0.1, -0.05) is 55.5 Å². The number of hydrogen-bond donors (Lipinski definition) is 1. The van der Waals surface area contributed by atoms with Gasteiger partial charge in [0.05, 0.1) is 28.7 Å². The summed E-state index contributed by atoms with van der Waals surface area (Å²) in [4.78, 5) is 13.0. The first-order valence-electron chi connectivity index (χ1n) is 11.4. The fourth-order valence-corrected chi connectivity index (χ4v) is 4.55. The Hall–Kier alpha value is -4.41. The summed E-state index contributed by atoms with van der Waals surface area (Å²) in [7, 11) is -3.29. The van der Waals surface area contributed by atoms with Gasteiger partial charge in [-0.3, -0.25) is 4.79 Å². The molecular formula is C29H24N2O4S. The maximum Gasteiger partial charge on any atom is 0.228 e. The van der Waals surface area contributed by atoms with Crippen LogP contribution in [0, 0.1) is 11.3 Å². The molecular weight excluding hydrogens is 472 g/mol. The van der Waals surface area contributed by atoms with Crippen LogP contribution in [0.2, 0.25) is 0 Å². The molecule has 4 rings (SSSR count). The Kier molecular flexibility index (Phi) is 7.47. The molecule has 7 heteroatoms. The average molecular weight is 497 g/mol. The largest absolute Gasteiger partial charge is 0.457 e. The van der Waals surface area contributed by atoms with Gasteiger partial charge in [-0.2, -0.15) is 5.26 Å². The van der Waals surface area contributed by atoms with E-state index < -0.39 is 9.84 Å². The first-order valence-corrected chi connectivity index (χ1v) is 13.0. The summed E-state index contributed by atoms with van der Waals surface area (Å²) >= 11 is 0. The van der Waals surface area contributed by atoms with Crippen LogP contribution >= 0.6 is 0 Å². The molecule has 0 atom stereocenters. The number of nitrogens with one attached hydrogen (secondary N) is 1. The quantitative estimate of drug-likeness (QED) is 0.323. The predicted molar refractivity (Wildman–Crippen MR) is 140 cm³/mol.